The van der Waals surface area contributed by atoms with E-state index in [1.54, 1.807) is 30.3 Å². The van der Waals surface area contributed by atoms with Crippen molar-refractivity contribution < 1.29 is 29.0 Å². The van der Waals surface area contributed by atoms with E-state index in [0.29, 0.717) is 17.7 Å². The van der Waals surface area contributed by atoms with Crippen LogP contribution >= 0.6 is 0 Å². The summed E-state index contributed by atoms with van der Waals surface area (Å²) in [6.45, 7) is 6.73. The van der Waals surface area contributed by atoms with Gasteiger partial charge >= 0.3 is 0 Å². The summed E-state index contributed by atoms with van der Waals surface area (Å²) in [5.74, 6) is -5.03. The van der Waals surface area contributed by atoms with Crippen molar-refractivity contribution in [2.45, 2.75) is 50.5 Å². The zero-order valence-electron chi connectivity index (χ0n) is 30.8. The number of hydrogen-bond acceptors (Lipinski definition) is 7. The molecule has 0 unspecified atom stereocenters. The average molecular weight is 739 g/mol. The van der Waals surface area contributed by atoms with Crippen LogP contribution in [0.3, 0.4) is 0 Å². The molecule has 1 aliphatic carbocycles. The summed E-state index contributed by atoms with van der Waals surface area (Å²) < 4.78 is 14.0. The standard InChI is InChI=1S/C45H46N2O6Si/c1-44(2,3)54(36-18-9-5-10-19-36,37-20-11-6-12-21-37)52-29-31-27-38-41(39-28-40(53-45(31,39)51)30-14-13-17-35(48)26-30)43(50)47(42(38)49)34-24-22-33(23-25-34)46-32-15-7-4-8-16-32/h4-26,31,38-41,46,48,51H,27-29H2,1-3H3/t31-,38+,39+,40+,41+,45-/m1/s1. The second-order valence-corrected chi connectivity index (χ2v) is 20.2. The highest BCUT2D eigenvalue weighted by Crippen LogP contribution is 2.59. The Hall–Kier alpha value is -5.06. The minimum atomic E-state index is -3.03. The van der Waals surface area contributed by atoms with E-state index in [1.807, 2.05) is 84.9 Å². The van der Waals surface area contributed by atoms with Gasteiger partial charge in [0.25, 0.3) is 8.32 Å². The number of imide groups is 1. The first-order chi connectivity index (χ1) is 26.0. The summed E-state index contributed by atoms with van der Waals surface area (Å²) in [5, 5.41) is 28.5. The SMILES string of the molecule is CC(C)(C)[Si](OC[C@H]1C[C@@H]2C(=O)N(c3ccc(Nc4ccccc4)cc3)C(=O)[C@@H]2[C@@H]2C[C@@H](c3cccc(O)c3)O[C@]12O)(c1ccccc1)c1ccccc1. The summed E-state index contributed by atoms with van der Waals surface area (Å²) in [7, 11) is -3.03. The summed E-state index contributed by atoms with van der Waals surface area (Å²) in [6.07, 6.45) is -0.0671. The molecule has 0 aromatic heterocycles. The van der Waals surface area contributed by atoms with Gasteiger partial charge in [0.15, 0.2) is 5.79 Å². The van der Waals surface area contributed by atoms with Gasteiger partial charge in [0, 0.05) is 29.8 Å². The average Bonchev–Trinajstić information content (AvgIpc) is 3.66. The maximum absolute atomic E-state index is 14.5. The van der Waals surface area contributed by atoms with Gasteiger partial charge in [-0.15, -0.1) is 0 Å². The lowest BCUT2D eigenvalue weighted by molar-refractivity contribution is -0.273. The van der Waals surface area contributed by atoms with Gasteiger partial charge < -0.3 is 24.7 Å². The van der Waals surface area contributed by atoms with Crippen LogP contribution in [0.4, 0.5) is 17.1 Å². The molecule has 8 rings (SSSR count). The molecule has 54 heavy (non-hydrogen) atoms. The molecule has 0 bridgehead atoms. The summed E-state index contributed by atoms with van der Waals surface area (Å²) >= 11 is 0. The van der Waals surface area contributed by atoms with Crippen LogP contribution in [0, 0.1) is 23.7 Å². The van der Waals surface area contributed by atoms with E-state index in [1.165, 1.54) is 4.90 Å². The van der Waals surface area contributed by atoms with Crippen LogP contribution in [-0.4, -0.2) is 42.7 Å². The van der Waals surface area contributed by atoms with E-state index >= 15 is 0 Å². The Balaban J connectivity index is 1.15. The molecule has 0 radical (unpaired) electrons. The largest absolute Gasteiger partial charge is 0.508 e. The predicted molar refractivity (Wildman–Crippen MR) is 212 cm³/mol. The Morgan fingerprint density at radius 3 is 1.96 bits per heavy atom. The van der Waals surface area contributed by atoms with Crippen molar-refractivity contribution in [1.29, 1.82) is 0 Å². The number of nitrogens with one attached hydrogen (secondary N) is 1. The van der Waals surface area contributed by atoms with Crippen molar-refractivity contribution in [2.75, 3.05) is 16.8 Å². The molecule has 3 N–H and O–H groups in total. The minimum Gasteiger partial charge on any atom is -0.508 e. The number of ether oxygens (including phenoxy) is 1. The Morgan fingerprint density at radius 2 is 1.37 bits per heavy atom. The number of fused-ring (bicyclic) bond motifs is 3. The van der Waals surface area contributed by atoms with Gasteiger partial charge in [-0.05, 0) is 82.3 Å². The fraction of sp³-hybridized carbons (Fsp3) is 0.289. The maximum atomic E-state index is 14.5. The maximum Gasteiger partial charge on any atom is 0.261 e. The molecule has 8 nitrogen and oxygen atoms in total. The quantitative estimate of drug-likeness (QED) is 0.108. The monoisotopic (exact) mass is 738 g/mol. The zero-order chi connectivity index (χ0) is 37.7. The van der Waals surface area contributed by atoms with Gasteiger partial charge in [0.05, 0.1) is 23.6 Å². The molecule has 3 fully saturated rings. The molecule has 2 saturated heterocycles. The van der Waals surface area contributed by atoms with E-state index in [4.69, 9.17) is 9.16 Å². The highest BCUT2D eigenvalue weighted by atomic mass is 28.4. The Bertz CT molecular complexity index is 2090. The van der Waals surface area contributed by atoms with Crippen molar-refractivity contribution >= 4 is 47.6 Å². The Kier molecular flexibility index (Phi) is 9.30. The molecule has 5 aromatic rings. The smallest absolute Gasteiger partial charge is 0.261 e. The van der Waals surface area contributed by atoms with E-state index in [2.05, 4.69) is 50.4 Å². The molecule has 2 heterocycles. The number of amides is 2. The molecule has 2 amide bonds. The van der Waals surface area contributed by atoms with Crippen LogP contribution < -0.4 is 20.6 Å². The van der Waals surface area contributed by atoms with Crippen LogP contribution in [0.15, 0.2) is 140 Å². The number of rotatable bonds is 9. The van der Waals surface area contributed by atoms with Gasteiger partial charge in [-0.1, -0.05) is 112 Å². The van der Waals surface area contributed by atoms with Gasteiger partial charge in [0.2, 0.25) is 11.8 Å². The van der Waals surface area contributed by atoms with Gasteiger partial charge in [0.1, 0.15) is 5.75 Å². The summed E-state index contributed by atoms with van der Waals surface area (Å²) in [6, 6.07) is 44.5. The van der Waals surface area contributed by atoms with Gasteiger partial charge in [-0.25, -0.2) is 0 Å². The Labute approximate surface area is 317 Å². The number of carbonyl (C=O) groups excluding carboxylic acids is 2. The lowest BCUT2D eigenvalue weighted by atomic mass is 9.64. The van der Waals surface area contributed by atoms with Crippen molar-refractivity contribution in [1.82, 2.24) is 0 Å². The fourth-order valence-electron chi connectivity index (χ4n) is 9.23. The molecule has 6 atom stereocenters. The zero-order valence-corrected chi connectivity index (χ0v) is 31.8. The lowest BCUT2D eigenvalue weighted by Crippen LogP contribution is -2.67. The molecule has 3 aliphatic rings. The number of aliphatic hydroxyl groups is 1. The molecular formula is C45H46N2O6Si. The van der Waals surface area contributed by atoms with Crippen LogP contribution in [0.2, 0.25) is 5.04 Å². The second kappa shape index (κ2) is 14.0. The minimum absolute atomic E-state index is 0.0888. The van der Waals surface area contributed by atoms with Crippen molar-refractivity contribution in [3.63, 3.8) is 0 Å². The molecule has 9 heteroatoms. The van der Waals surface area contributed by atoms with E-state index < -0.39 is 43.9 Å². The third kappa shape index (κ3) is 6.15. The molecule has 2 aliphatic heterocycles. The summed E-state index contributed by atoms with van der Waals surface area (Å²) in [5.41, 5.74) is 2.95. The van der Waals surface area contributed by atoms with E-state index in [9.17, 15) is 19.8 Å². The normalized spacial score (nSPS) is 25.3. The van der Waals surface area contributed by atoms with Gasteiger partial charge in [-0.2, -0.15) is 0 Å². The lowest BCUT2D eigenvalue weighted by Gasteiger charge is -2.48. The first-order valence-corrected chi connectivity index (χ1v) is 20.6. The summed E-state index contributed by atoms with van der Waals surface area (Å²) in [4.78, 5) is 30.3. The van der Waals surface area contributed by atoms with Crippen LogP contribution in [0.1, 0.15) is 45.3 Å². The number of nitrogens with zero attached hydrogens (tertiary/aromatic N) is 1. The number of para-hydroxylation sites is 1. The Morgan fingerprint density at radius 1 is 0.778 bits per heavy atom. The first-order valence-electron chi connectivity index (χ1n) is 18.7. The molecule has 0 spiro atoms. The fourth-order valence-corrected chi connectivity index (χ4v) is 13.8. The van der Waals surface area contributed by atoms with Crippen molar-refractivity contribution in [3.05, 3.63) is 145 Å². The molecule has 1 saturated carbocycles. The van der Waals surface area contributed by atoms with Gasteiger partial charge in [-0.3, -0.25) is 14.5 Å². The number of carbonyl (C=O) groups is 2. The van der Waals surface area contributed by atoms with E-state index in [0.717, 1.165) is 21.7 Å². The van der Waals surface area contributed by atoms with E-state index in [-0.39, 0.29) is 35.6 Å². The van der Waals surface area contributed by atoms with Crippen molar-refractivity contribution in [3.8, 4) is 5.75 Å². The molecule has 276 valence electrons. The number of hydrogen-bond donors (Lipinski definition) is 3. The highest BCUT2D eigenvalue weighted by molar-refractivity contribution is 6.99. The topological polar surface area (TPSA) is 108 Å². The highest BCUT2D eigenvalue weighted by Gasteiger charge is 2.67. The number of phenols is 1. The number of phenolic OH excluding ortho intramolecular Hbond substituents is 1. The molecule has 5 aromatic carbocycles. The second-order valence-electron chi connectivity index (χ2n) is 15.9. The predicted octanol–water partition coefficient (Wildman–Crippen LogP) is 7.30. The third-order valence-electron chi connectivity index (χ3n) is 11.7. The van der Waals surface area contributed by atoms with Crippen molar-refractivity contribution in [2.24, 2.45) is 23.7 Å². The van der Waals surface area contributed by atoms with Crippen LogP contribution in [-0.2, 0) is 18.8 Å². The number of benzene rings is 5. The number of aromatic hydroxyl groups is 1. The number of anilines is 3. The van der Waals surface area contributed by atoms with Crippen LogP contribution in [0.5, 0.6) is 5.75 Å². The molecular weight excluding hydrogens is 693 g/mol. The third-order valence-corrected chi connectivity index (χ3v) is 16.7. The first kappa shape index (κ1) is 35.9. The van der Waals surface area contributed by atoms with Crippen LogP contribution in [0.25, 0.3) is 0 Å².